The van der Waals surface area contributed by atoms with E-state index in [1.54, 1.807) is 0 Å². The molecule has 16 heavy (non-hydrogen) atoms. The van der Waals surface area contributed by atoms with Gasteiger partial charge in [0.2, 0.25) is 0 Å². The summed E-state index contributed by atoms with van der Waals surface area (Å²) in [7, 11) is 0. The molecule has 0 bridgehead atoms. The smallest absolute Gasteiger partial charge is 1.00 e. The molecule has 0 spiro atoms. The van der Waals surface area contributed by atoms with Gasteiger partial charge >= 0.3 is 23.1 Å². The minimum absolute atomic E-state index is 0. The van der Waals surface area contributed by atoms with Crippen molar-refractivity contribution in [2.24, 2.45) is 17.8 Å². The van der Waals surface area contributed by atoms with Crippen molar-refractivity contribution in [1.82, 2.24) is 0 Å². The van der Waals surface area contributed by atoms with Gasteiger partial charge in [0.25, 0.3) is 0 Å². The second kappa shape index (κ2) is 14.1. The van der Waals surface area contributed by atoms with Crippen molar-refractivity contribution < 1.29 is 12.4 Å². The molecule has 0 nitrogen and oxygen atoms in total. The van der Waals surface area contributed by atoms with Crippen LogP contribution < -0.4 is 12.4 Å². The summed E-state index contributed by atoms with van der Waals surface area (Å²) in [4.78, 5) is 0. The summed E-state index contributed by atoms with van der Waals surface area (Å²) >= 11 is 0. The molecule has 0 aromatic rings. The zero-order chi connectivity index (χ0) is 11.0. The molecule has 2 atom stereocenters. The van der Waals surface area contributed by atoms with E-state index in [0.29, 0.717) is 5.92 Å². The average Bonchev–Trinajstić information content (AvgIpc) is 2.02. The van der Waals surface area contributed by atoms with E-state index in [1.165, 1.54) is 38.5 Å². The van der Waals surface area contributed by atoms with Crippen molar-refractivity contribution in [3.63, 3.8) is 0 Å². The number of halogens is 1. The van der Waals surface area contributed by atoms with Gasteiger partial charge in [0, 0.05) is 0 Å². The first-order chi connectivity index (χ1) is 6.52. The number of hydrogen-bond donors (Lipinski definition) is 0. The molecule has 0 saturated heterocycles. The maximum atomic E-state index is 4.02. The molecular formula is C14H29ClMg. The molecule has 2 heteroatoms. The molecule has 0 aliphatic rings. The van der Waals surface area contributed by atoms with Gasteiger partial charge in [0.1, 0.15) is 0 Å². The minimum atomic E-state index is 0. The zero-order valence-electron chi connectivity index (χ0n) is 11.8. The van der Waals surface area contributed by atoms with E-state index in [-0.39, 0.29) is 35.5 Å². The second-order valence-electron chi connectivity index (χ2n) is 5.47. The monoisotopic (exact) mass is 256 g/mol. The molecule has 0 aromatic carbocycles. The third-order valence-electron chi connectivity index (χ3n) is 2.87. The summed E-state index contributed by atoms with van der Waals surface area (Å²) in [5.74, 6) is 2.44. The molecule has 0 heterocycles. The van der Waals surface area contributed by atoms with Crippen LogP contribution in [0.1, 0.15) is 66.2 Å². The van der Waals surface area contributed by atoms with Crippen LogP contribution >= 0.6 is 0 Å². The summed E-state index contributed by atoms with van der Waals surface area (Å²) < 4.78 is 0. The van der Waals surface area contributed by atoms with Gasteiger partial charge in [0.05, 0.1) is 0 Å². The number of hydrogen-bond acceptors (Lipinski definition) is 0. The average molecular weight is 257 g/mol. The standard InChI is InChI=1S/C14H29.ClH.Mg/c1-12(2)8-6-10-14(5)11-7-9-13(3)4;;/h12-14H,1,6-11H2,2-5H3;1H;/q-1;;+2/p-1/t12-,14+;;/m1../s1. The van der Waals surface area contributed by atoms with Crippen LogP contribution in [0, 0.1) is 24.7 Å². The summed E-state index contributed by atoms with van der Waals surface area (Å²) in [5, 5.41) is 0. The van der Waals surface area contributed by atoms with Crippen LogP contribution in [0.4, 0.5) is 0 Å². The molecule has 0 aliphatic heterocycles. The SMILES string of the molecule is [CH2-][C@H](C)CCC[C@H](C)CCCC(C)C.[Cl-].[Mg+2]. The van der Waals surface area contributed by atoms with E-state index in [1.807, 2.05) is 0 Å². The summed E-state index contributed by atoms with van der Waals surface area (Å²) in [6.07, 6.45) is 8.30. The third kappa shape index (κ3) is 17.5. The van der Waals surface area contributed by atoms with Crippen molar-refractivity contribution in [2.45, 2.75) is 66.2 Å². The Labute approximate surface area is 126 Å². The van der Waals surface area contributed by atoms with Crippen LogP contribution in [0.2, 0.25) is 0 Å². The summed E-state index contributed by atoms with van der Waals surface area (Å²) in [5.41, 5.74) is 0. The normalized spacial score (nSPS) is 13.9. The molecule has 0 saturated carbocycles. The van der Waals surface area contributed by atoms with E-state index < -0.39 is 0 Å². The first kappa shape index (κ1) is 22.3. The van der Waals surface area contributed by atoms with E-state index in [0.717, 1.165) is 11.8 Å². The Morgan fingerprint density at radius 2 is 1.25 bits per heavy atom. The predicted octanol–water partition coefficient (Wildman–Crippen LogP) is 1.71. The van der Waals surface area contributed by atoms with E-state index in [4.69, 9.17) is 0 Å². The maximum absolute atomic E-state index is 4.02. The topological polar surface area (TPSA) is 0 Å². The van der Waals surface area contributed by atoms with Crippen LogP contribution in [-0.2, 0) is 0 Å². The van der Waals surface area contributed by atoms with Gasteiger partial charge in [-0.2, -0.15) is 5.92 Å². The van der Waals surface area contributed by atoms with Crippen LogP contribution in [0.25, 0.3) is 0 Å². The molecule has 94 valence electrons. The van der Waals surface area contributed by atoms with Crippen molar-refractivity contribution in [1.29, 1.82) is 0 Å². The predicted molar refractivity (Wildman–Crippen MR) is 72.0 cm³/mol. The molecule has 0 aromatic heterocycles. The van der Waals surface area contributed by atoms with Crippen molar-refractivity contribution in [3.8, 4) is 0 Å². The van der Waals surface area contributed by atoms with Gasteiger partial charge in [-0.25, -0.2) is 0 Å². The molecule has 0 aliphatic carbocycles. The van der Waals surface area contributed by atoms with Crippen LogP contribution in [0.15, 0.2) is 0 Å². The van der Waals surface area contributed by atoms with Gasteiger partial charge in [-0.15, -0.1) is 0 Å². The van der Waals surface area contributed by atoms with Crippen LogP contribution in [-0.4, -0.2) is 23.1 Å². The number of rotatable bonds is 8. The zero-order valence-corrected chi connectivity index (χ0v) is 13.9. The van der Waals surface area contributed by atoms with Gasteiger partial charge in [0.15, 0.2) is 0 Å². The largest absolute Gasteiger partial charge is 2.00 e. The third-order valence-corrected chi connectivity index (χ3v) is 2.87. The Morgan fingerprint density at radius 3 is 1.62 bits per heavy atom. The minimum Gasteiger partial charge on any atom is -1.00 e. The maximum Gasteiger partial charge on any atom is 2.00 e. The van der Waals surface area contributed by atoms with Gasteiger partial charge < -0.3 is 19.3 Å². The Kier molecular flexibility index (Phi) is 19.6. The van der Waals surface area contributed by atoms with Crippen LogP contribution in [0.5, 0.6) is 0 Å². The fraction of sp³-hybridized carbons (Fsp3) is 0.929. The Hall–Kier alpha value is 1.06. The van der Waals surface area contributed by atoms with Crippen molar-refractivity contribution in [3.05, 3.63) is 6.92 Å². The molecule has 0 rings (SSSR count). The fourth-order valence-electron chi connectivity index (χ4n) is 1.83. The van der Waals surface area contributed by atoms with Crippen molar-refractivity contribution in [2.75, 3.05) is 0 Å². The Balaban J connectivity index is -0.000000845. The Morgan fingerprint density at radius 1 is 0.812 bits per heavy atom. The van der Waals surface area contributed by atoms with Gasteiger partial charge in [-0.1, -0.05) is 66.2 Å². The van der Waals surface area contributed by atoms with Gasteiger partial charge in [-0.05, 0) is 11.8 Å². The van der Waals surface area contributed by atoms with Crippen molar-refractivity contribution >= 4 is 23.1 Å². The molecule has 0 radical (unpaired) electrons. The first-order valence-corrected chi connectivity index (χ1v) is 6.35. The Bertz CT molecular complexity index is 110. The summed E-state index contributed by atoms with van der Waals surface area (Å²) in [6, 6.07) is 0. The van der Waals surface area contributed by atoms with Gasteiger partial charge in [-0.3, -0.25) is 0 Å². The van der Waals surface area contributed by atoms with Crippen LogP contribution in [0.3, 0.4) is 0 Å². The summed E-state index contributed by atoms with van der Waals surface area (Å²) in [6.45, 7) is 13.3. The molecule has 0 amide bonds. The fourth-order valence-corrected chi connectivity index (χ4v) is 1.83. The van der Waals surface area contributed by atoms with E-state index >= 15 is 0 Å². The quantitative estimate of drug-likeness (QED) is 0.458. The molecule has 0 fully saturated rings. The first-order valence-electron chi connectivity index (χ1n) is 6.35. The molecule has 0 unspecified atom stereocenters. The molecule has 0 N–H and O–H groups in total. The second-order valence-corrected chi connectivity index (χ2v) is 5.47. The van der Waals surface area contributed by atoms with E-state index in [2.05, 4.69) is 34.6 Å². The molecular weight excluding hydrogens is 228 g/mol. The van der Waals surface area contributed by atoms with E-state index in [9.17, 15) is 0 Å².